The summed E-state index contributed by atoms with van der Waals surface area (Å²) in [4.78, 5) is 27.8. The van der Waals surface area contributed by atoms with Crippen molar-refractivity contribution in [2.75, 3.05) is 32.1 Å². The number of methoxy groups -OCH3 is 1. The first kappa shape index (κ1) is 15.8. The third-order valence-corrected chi connectivity index (χ3v) is 2.49. The second-order valence-corrected chi connectivity index (χ2v) is 4.04. The molecule has 9 nitrogen and oxygen atoms in total. The van der Waals surface area contributed by atoms with Crippen LogP contribution in [0.4, 0.5) is 10.7 Å². The van der Waals surface area contributed by atoms with Crippen molar-refractivity contribution in [3.63, 3.8) is 0 Å². The van der Waals surface area contributed by atoms with Crippen LogP contribution in [-0.2, 0) is 9.53 Å². The lowest BCUT2D eigenvalue weighted by molar-refractivity contribution is -0.137. The Bertz CT molecular complexity index is 494. The predicted octanol–water partition coefficient (Wildman–Crippen LogP) is 0.0533. The molecule has 0 aromatic carbocycles. The number of nitrogens with zero attached hydrogens (tertiary/aromatic N) is 4. The number of ether oxygens (including phenoxy) is 1. The Hall–Kier alpha value is -2.29. The zero-order chi connectivity index (χ0) is 15.1. The molecule has 0 radical (unpaired) electrons. The highest BCUT2D eigenvalue weighted by Crippen LogP contribution is 2.03. The molecule has 2 N–H and O–H groups in total. The van der Waals surface area contributed by atoms with E-state index < -0.39 is 18.5 Å². The average molecular weight is 283 g/mol. The van der Waals surface area contributed by atoms with Gasteiger partial charge in [0.1, 0.15) is 6.54 Å². The summed E-state index contributed by atoms with van der Waals surface area (Å²) < 4.78 is 4.83. The zero-order valence-corrected chi connectivity index (χ0v) is 11.6. The Morgan fingerprint density at radius 1 is 1.30 bits per heavy atom. The second kappa shape index (κ2) is 7.34. The highest BCUT2D eigenvalue weighted by atomic mass is 16.5. The molecule has 0 fully saturated rings. The summed E-state index contributed by atoms with van der Waals surface area (Å²) in [7, 11) is 1.47. The van der Waals surface area contributed by atoms with Gasteiger partial charge in [0.25, 0.3) is 5.95 Å². The molecule has 0 aliphatic heterocycles. The van der Waals surface area contributed by atoms with Crippen LogP contribution < -0.4 is 5.32 Å². The standard InChI is InChI=1S/C11H17N5O4/c1-7-8(2)14-15-10(12-7)13-11(19)16(4-5-20-3)6-9(17)18/h4-6H2,1-3H3,(H,17,18)(H,12,13,15,19). The Labute approximate surface area is 116 Å². The van der Waals surface area contributed by atoms with Crippen LogP contribution in [0.1, 0.15) is 11.4 Å². The monoisotopic (exact) mass is 283 g/mol. The van der Waals surface area contributed by atoms with Gasteiger partial charge in [-0.15, -0.1) is 5.10 Å². The molecule has 1 aromatic rings. The fourth-order valence-electron chi connectivity index (χ4n) is 1.30. The highest BCUT2D eigenvalue weighted by molar-refractivity contribution is 5.89. The molecular weight excluding hydrogens is 266 g/mol. The maximum absolute atomic E-state index is 11.9. The fourth-order valence-corrected chi connectivity index (χ4v) is 1.30. The quantitative estimate of drug-likeness (QED) is 0.757. The minimum absolute atomic E-state index is 0.0332. The molecule has 20 heavy (non-hydrogen) atoms. The summed E-state index contributed by atoms with van der Waals surface area (Å²) in [6.07, 6.45) is 0. The van der Waals surface area contributed by atoms with Gasteiger partial charge in [0.05, 0.1) is 18.0 Å². The molecule has 2 amide bonds. The molecular formula is C11H17N5O4. The van der Waals surface area contributed by atoms with E-state index in [1.807, 2.05) is 0 Å². The number of carbonyl (C=O) groups excluding carboxylic acids is 1. The van der Waals surface area contributed by atoms with Crippen molar-refractivity contribution in [3.8, 4) is 0 Å². The molecule has 0 aliphatic carbocycles. The Morgan fingerprint density at radius 2 is 2.00 bits per heavy atom. The number of aromatic nitrogens is 3. The molecule has 0 bridgehead atoms. The number of carbonyl (C=O) groups is 2. The van der Waals surface area contributed by atoms with Crippen molar-refractivity contribution >= 4 is 17.9 Å². The molecule has 1 rings (SSSR count). The first-order valence-electron chi connectivity index (χ1n) is 5.88. The SMILES string of the molecule is COCCN(CC(=O)O)C(=O)Nc1nnc(C)c(C)n1. The van der Waals surface area contributed by atoms with Gasteiger partial charge in [-0.2, -0.15) is 5.10 Å². The van der Waals surface area contributed by atoms with E-state index in [2.05, 4.69) is 20.5 Å². The van der Waals surface area contributed by atoms with E-state index in [9.17, 15) is 9.59 Å². The number of hydrogen-bond acceptors (Lipinski definition) is 6. The van der Waals surface area contributed by atoms with E-state index in [-0.39, 0.29) is 19.1 Å². The van der Waals surface area contributed by atoms with E-state index in [0.717, 1.165) is 4.90 Å². The summed E-state index contributed by atoms with van der Waals surface area (Å²) >= 11 is 0. The minimum Gasteiger partial charge on any atom is -0.480 e. The number of hydrogen-bond donors (Lipinski definition) is 2. The van der Waals surface area contributed by atoms with Crippen LogP contribution in [0.5, 0.6) is 0 Å². The van der Waals surface area contributed by atoms with Gasteiger partial charge < -0.3 is 14.7 Å². The molecule has 110 valence electrons. The van der Waals surface area contributed by atoms with Crippen molar-refractivity contribution in [1.82, 2.24) is 20.1 Å². The average Bonchev–Trinajstić information content (AvgIpc) is 2.38. The number of rotatable bonds is 6. The number of amides is 2. The maximum Gasteiger partial charge on any atom is 0.324 e. The predicted molar refractivity (Wildman–Crippen MR) is 69.4 cm³/mol. The molecule has 9 heteroatoms. The van der Waals surface area contributed by atoms with Crippen LogP contribution in [0.3, 0.4) is 0 Å². The van der Waals surface area contributed by atoms with Crippen molar-refractivity contribution in [3.05, 3.63) is 11.4 Å². The van der Waals surface area contributed by atoms with Crippen LogP contribution >= 0.6 is 0 Å². The fraction of sp³-hybridized carbons (Fsp3) is 0.545. The van der Waals surface area contributed by atoms with Gasteiger partial charge in [0.15, 0.2) is 0 Å². The van der Waals surface area contributed by atoms with Crippen LogP contribution in [0.25, 0.3) is 0 Å². The number of nitrogens with one attached hydrogen (secondary N) is 1. The number of carboxylic acid groups (broad SMARTS) is 1. The lowest BCUT2D eigenvalue weighted by Crippen LogP contribution is -2.41. The van der Waals surface area contributed by atoms with Gasteiger partial charge in [-0.25, -0.2) is 9.78 Å². The van der Waals surface area contributed by atoms with Gasteiger partial charge in [0.2, 0.25) is 0 Å². The van der Waals surface area contributed by atoms with Crippen LogP contribution in [0, 0.1) is 13.8 Å². The largest absolute Gasteiger partial charge is 0.480 e. The molecule has 0 unspecified atom stereocenters. The first-order chi connectivity index (χ1) is 9.43. The molecule has 0 saturated heterocycles. The molecule has 0 spiro atoms. The van der Waals surface area contributed by atoms with Crippen LogP contribution in [0.15, 0.2) is 0 Å². The summed E-state index contributed by atoms with van der Waals surface area (Å²) in [5.41, 5.74) is 1.29. The molecule has 0 aliphatic rings. The first-order valence-corrected chi connectivity index (χ1v) is 5.88. The Balaban J connectivity index is 2.73. The van der Waals surface area contributed by atoms with Gasteiger partial charge >= 0.3 is 12.0 Å². The van der Waals surface area contributed by atoms with Crippen molar-refractivity contribution < 1.29 is 19.4 Å². The minimum atomic E-state index is -1.12. The maximum atomic E-state index is 11.9. The van der Waals surface area contributed by atoms with E-state index in [4.69, 9.17) is 9.84 Å². The number of carboxylic acids is 1. The third kappa shape index (κ3) is 4.76. The summed E-state index contributed by atoms with van der Waals surface area (Å²) in [5, 5.41) is 18.7. The van der Waals surface area contributed by atoms with Crippen molar-refractivity contribution in [2.45, 2.75) is 13.8 Å². The molecule has 0 saturated carbocycles. The van der Waals surface area contributed by atoms with Crippen LogP contribution in [-0.4, -0.2) is 64.0 Å². The molecule has 1 aromatic heterocycles. The molecule has 1 heterocycles. The normalized spacial score (nSPS) is 10.2. The smallest absolute Gasteiger partial charge is 0.324 e. The Kier molecular flexibility index (Phi) is 5.78. The summed E-state index contributed by atoms with van der Waals surface area (Å²) in [5.74, 6) is -1.08. The van der Waals surface area contributed by atoms with Crippen molar-refractivity contribution in [1.29, 1.82) is 0 Å². The summed E-state index contributed by atoms with van der Waals surface area (Å²) in [6, 6.07) is -0.616. The van der Waals surface area contributed by atoms with Crippen molar-refractivity contribution in [2.24, 2.45) is 0 Å². The van der Waals surface area contributed by atoms with Gasteiger partial charge in [-0.1, -0.05) is 0 Å². The number of anilines is 1. The zero-order valence-electron chi connectivity index (χ0n) is 11.6. The number of urea groups is 1. The van der Waals surface area contributed by atoms with Gasteiger partial charge in [-0.05, 0) is 13.8 Å². The molecule has 0 atom stereocenters. The Morgan fingerprint density at radius 3 is 2.55 bits per heavy atom. The van der Waals surface area contributed by atoms with Gasteiger partial charge in [0, 0.05) is 13.7 Å². The number of aliphatic carboxylic acids is 1. The topological polar surface area (TPSA) is 118 Å². The van der Waals surface area contributed by atoms with E-state index in [1.165, 1.54) is 7.11 Å². The number of aryl methyl sites for hydroxylation is 2. The highest BCUT2D eigenvalue weighted by Gasteiger charge is 2.17. The lowest BCUT2D eigenvalue weighted by Gasteiger charge is -2.20. The van der Waals surface area contributed by atoms with E-state index in [0.29, 0.717) is 11.4 Å². The van der Waals surface area contributed by atoms with Gasteiger partial charge in [-0.3, -0.25) is 10.1 Å². The summed E-state index contributed by atoms with van der Waals surface area (Å²) in [6.45, 7) is 3.42. The second-order valence-electron chi connectivity index (χ2n) is 4.04. The lowest BCUT2D eigenvalue weighted by atomic mass is 10.4. The van der Waals surface area contributed by atoms with E-state index in [1.54, 1.807) is 13.8 Å². The third-order valence-electron chi connectivity index (χ3n) is 2.49. The van der Waals surface area contributed by atoms with Crippen LogP contribution in [0.2, 0.25) is 0 Å². The van der Waals surface area contributed by atoms with E-state index >= 15 is 0 Å².